The molecule has 6 nitrogen and oxygen atoms in total. The molecule has 0 aromatic carbocycles. The van der Waals surface area contributed by atoms with Gasteiger partial charge in [0.15, 0.2) is 5.82 Å². The van der Waals surface area contributed by atoms with Crippen LogP contribution in [0.25, 0.3) is 11.5 Å². The molecule has 7 heteroatoms. The first kappa shape index (κ1) is 12.7. The Morgan fingerprint density at radius 2 is 2.25 bits per heavy atom. The van der Waals surface area contributed by atoms with Crippen LogP contribution < -0.4 is 4.74 Å². The lowest BCUT2D eigenvalue weighted by Gasteiger charge is -2.01. The molecule has 0 radical (unpaired) electrons. The van der Waals surface area contributed by atoms with Crippen molar-refractivity contribution in [1.82, 2.24) is 20.1 Å². The second kappa shape index (κ2) is 5.38. The predicted molar refractivity (Wildman–Crippen MR) is 73.7 cm³/mol. The van der Waals surface area contributed by atoms with Gasteiger partial charge >= 0.3 is 6.01 Å². The minimum absolute atomic E-state index is 0.324. The van der Waals surface area contributed by atoms with E-state index in [2.05, 4.69) is 20.1 Å². The number of aryl methyl sites for hydroxylation is 1. The molecule has 0 spiro atoms. The van der Waals surface area contributed by atoms with Gasteiger partial charge in [-0.15, -0.1) is 11.3 Å². The summed E-state index contributed by atoms with van der Waals surface area (Å²) in [6.45, 7) is 1.85. The maximum Gasteiger partial charge on any atom is 0.316 e. The van der Waals surface area contributed by atoms with E-state index in [1.165, 1.54) is 12.0 Å². The van der Waals surface area contributed by atoms with E-state index < -0.39 is 0 Å². The number of hydrogen-bond acceptors (Lipinski definition) is 7. The van der Waals surface area contributed by atoms with Gasteiger partial charge in [-0.05, 0) is 18.4 Å². The molecule has 3 aromatic heterocycles. The lowest BCUT2D eigenvalue weighted by molar-refractivity contribution is 0.378. The zero-order valence-electron chi connectivity index (χ0n) is 11.0. The molecule has 0 atom stereocenters. The molecule has 0 bridgehead atoms. The van der Waals surface area contributed by atoms with Crippen LogP contribution in [0, 0.1) is 6.92 Å². The van der Waals surface area contributed by atoms with Gasteiger partial charge in [0.1, 0.15) is 0 Å². The molecule has 0 unspecified atom stereocenters. The molecule has 0 saturated carbocycles. The molecule has 0 aliphatic rings. The first-order valence-corrected chi connectivity index (χ1v) is 6.87. The molecule has 0 saturated heterocycles. The Morgan fingerprint density at radius 1 is 1.35 bits per heavy atom. The topological polar surface area (TPSA) is 73.9 Å². The molecular formula is C13H12N4O2S. The Kier molecular flexibility index (Phi) is 3.42. The van der Waals surface area contributed by atoms with E-state index in [1.807, 2.05) is 24.4 Å². The molecule has 0 aliphatic carbocycles. The number of thiophene rings is 1. The molecule has 102 valence electrons. The average Bonchev–Trinajstić information content (AvgIpc) is 3.11. The number of ether oxygens (including phenoxy) is 1. The van der Waals surface area contributed by atoms with Crippen LogP contribution in [0.5, 0.6) is 6.01 Å². The summed E-state index contributed by atoms with van der Waals surface area (Å²) in [6.07, 6.45) is 2.29. The summed E-state index contributed by atoms with van der Waals surface area (Å²) in [6, 6.07) is 4.37. The Bertz CT molecular complexity index is 709. The smallest absolute Gasteiger partial charge is 0.316 e. The fraction of sp³-hybridized carbons (Fsp3) is 0.231. The maximum atomic E-state index is 5.28. The number of hydrogen-bond donors (Lipinski definition) is 0. The van der Waals surface area contributed by atoms with Crippen LogP contribution in [0.2, 0.25) is 0 Å². The second-order valence-electron chi connectivity index (χ2n) is 4.13. The summed E-state index contributed by atoms with van der Waals surface area (Å²) in [7, 11) is 1.53. The van der Waals surface area contributed by atoms with Crippen molar-refractivity contribution in [2.45, 2.75) is 13.3 Å². The first-order chi connectivity index (χ1) is 9.76. The fourth-order valence-corrected chi connectivity index (χ4v) is 2.46. The van der Waals surface area contributed by atoms with E-state index in [1.54, 1.807) is 17.5 Å². The molecule has 3 rings (SSSR count). The summed E-state index contributed by atoms with van der Waals surface area (Å²) < 4.78 is 10.3. The lowest BCUT2D eigenvalue weighted by Crippen LogP contribution is -1.96. The number of aromatic nitrogens is 4. The Morgan fingerprint density at radius 3 is 2.95 bits per heavy atom. The van der Waals surface area contributed by atoms with Gasteiger partial charge in [0.25, 0.3) is 5.89 Å². The van der Waals surface area contributed by atoms with Crippen LogP contribution in [-0.4, -0.2) is 27.2 Å². The van der Waals surface area contributed by atoms with Gasteiger partial charge in [-0.1, -0.05) is 11.2 Å². The number of methoxy groups -OCH3 is 1. The molecule has 0 amide bonds. The Labute approximate surface area is 119 Å². The fourth-order valence-electron chi connectivity index (χ4n) is 1.76. The molecule has 20 heavy (non-hydrogen) atoms. The van der Waals surface area contributed by atoms with Crippen LogP contribution in [0.15, 0.2) is 28.2 Å². The van der Waals surface area contributed by atoms with Crippen LogP contribution >= 0.6 is 11.3 Å². The third kappa shape index (κ3) is 2.53. The normalized spacial score (nSPS) is 10.7. The Balaban J connectivity index is 1.86. The van der Waals surface area contributed by atoms with Gasteiger partial charge in [0, 0.05) is 17.5 Å². The molecular weight excluding hydrogens is 276 g/mol. The summed E-state index contributed by atoms with van der Waals surface area (Å²) >= 11 is 1.67. The highest BCUT2D eigenvalue weighted by Crippen LogP contribution is 2.22. The number of rotatable bonds is 4. The Hall–Kier alpha value is -2.28. The van der Waals surface area contributed by atoms with Crippen molar-refractivity contribution < 1.29 is 9.26 Å². The third-order valence-corrected chi connectivity index (χ3v) is 3.63. The second-order valence-corrected chi connectivity index (χ2v) is 5.16. The predicted octanol–water partition coefficient (Wildman–Crippen LogP) is 2.50. The van der Waals surface area contributed by atoms with Crippen molar-refractivity contribution in [3.05, 3.63) is 40.1 Å². The highest BCUT2D eigenvalue weighted by molar-refractivity contribution is 7.09. The van der Waals surface area contributed by atoms with Gasteiger partial charge in [-0.3, -0.25) is 0 Å². The standard InChI is InChI=1S/C13H12N4O2S/c1-8-10(7-14-13(15-8)18-2)12-16-11(17-19-12)6-9-4-3-5-20-9/h3-5,7H,6H2,1-2H3. The van der Waals surface area contributed by atoms with Gasteiger partial charge in [0.2, 0.25) is 0 Å². The monoisotopic (exact) mass is 288 g/mol. The van der Waals surface area contributed by atoms with E-state index in [-0.39, 0.29) is 0 Å². The minimum Gasteiger partial charge on any atom is -0.467 e. The quantitative estimate of drug-likeness (QED) is 0.734. The van der Waals surface area contributed by atoms with Crippen molar-refractivity contribution in [2.24, 2.45) is 0 Å². The van der Waals surface area contributed by atoms with E-state index in [4.69, 9.17) is 9.26 Å². The molecule has 3 aromatic rings. The zero-order chi connectivity index (χ0) is 13.9. The SMILES string of the molecule is COc1ncc(-c2nc(Cc3cccs3)no2)c(C)n1. The molecule has 0 N–H and O–H groups in total. The highest BCUT2D eigenvalue weighted by atomic mass is 32.1. The first-order valence-electron chi connectivity index (χ1n) is 5.99. The molecule has 3 heterocycles. The zero-order valence-corrected chi connectivity index (χ0v) is 11.8. The third-order valence-electron chi connectivity index (χ3n) is 2.75. The average molecular weight is 288 g/mol. The van der Waals surface area contributed by atoms with E-state index >= 15 is 0 Å². The van der Waals surface area contributed by atoms with Gasteiger partial charge in [-0.25, -0.2) is 4.98 Å². The summed E-state index contributed by atoms with van der Waals surface area (Å²) in [5, 5.41) is 6.01. The van der Waals surface area contributed by atoms with Crippen molar-refractivity contribution in [1.29, 1.82) is 0 Å². The van der Waals surface area contributed by atoms with Crippen molar-refractivity contribution in [3.63, 3.8) is 0 Å². The van der Waals surface area contributed by atoms with Crippen LogP contribution in [-0.2, 0) is 6.42 Å². The van der Waals surface area contributed by atoms with Crippen molar-refractivity contribution in [3.8, 4) is 17.5 Å². The van der Waals surface area contributed by atoms with Crippen molar-refractivity contribution >= 4 is 11.3 Å². The molecule has 0 aliphatic heterocycles. The van der Waals surface area contributed by atoms with Gasteiger partial charge in [-0.2, -0.15) is 9.97 Å². The molecule has 0 fully saturated rings. The highest BCUT2D eigenvalue weighted by Gasteiger charge is 2.14. The summed E-state index contributed by atoms with van der Waals surface area (Å²) in [5.74, 6) is 1.08. The maximum absolute atomic E-state index is 5.28. The van der Waals surface area contributed by atoms with E-state index in [0.29, 0.717) is 24.1 Å². The van der Waals surface area contributed by atoms with Crippen molar-refractivity contribution in [2.75, 3.05) is 7.11 Å². The minimum atomic E-state index is 0.324. The largest absolute Gasteiger partial charge is 0.467 e. The van der Waals surface area contributed by atoms with Gasteiger partial charge in [0.05, 0.1) is 18.4 Å². The van der Waals surface area contributed by atoms with E-state index in [0.717, 1.165) is 11.3 Å². The van der Waals surface area contributed by atoms with Gasteiger partial charge < -0.3 is 9.26 Å². The number of nitrogens with zero attached hydrogens (tertiary/aromatic N) is 4. The lowest BCUT2D eigenvalue weighted by atomic mass is 10.2. The summed E-state index contributed by atoms with van der Waals surface area (Å²) in [4.78, 5) is 13.8. The van der Waals surface area contributed by atoms with Crippen LogP contribution in [0.4, 0.5) is 0 Å². The summed E-state index contributed by atoms with van der Waals surface area (Å²) in [5.41, 5.74) is 1.46. The van der Waals surface area contributed by atoms with Crippen LogP contribution in [0.1, 0.15) is 16.4 Å². The van der Waals surface area contributed by atoms with E-state index in [9.17, 15) is 0 Å². The van der Waals surface area contributed by atoms with Crippen LogP contribution in [0.3, 0.4) is 0 Å².